The number of hydrogen-bond acceptors (Lipinski definition) is 5. The Balaban J connectivity index is 1.95. The molecule has 0 unspecified atom stereocenters. The van der Waals surface area contributed by atoms with Crippen LogP contribution >= 0.6 is 0 Å². The SMILES string of the molecule is C=CCc1c2occc2c(OC)c2c(=O)c(C=Nc3ccc(C)cc3)coc12. The van der Waals surface area contributed by atoms with E-state index in [0.717, 1.165) is 22.2 Å². The first kappa shape index (κ1) is 17.8. The molecule has 0 atom stereocenters. The molecule has 5 heteroatoms. The van der Waals surface area contributed by atoms with Crippen LogP contribution in [0.25, 0.3) is 21.9 Å². The number of nitrogens with zero attached hydrogens (tertiary/aromatic N) is 1. The fourth-order valence-electron chi connectivity index (χ4n) is 3.28. The maximum atomic E-state index is 13.2. The average molecular weight is 373 g/mol. The van der Waals surface area contributed by atoms with Gasteiger partial charge in [0.2, 0.25) is 5.43 Å². The summed E-state index contributed by atoms with van der Waals surface area (Å²) in [5, 5.41) is 1.10. The van der Waals surface area contributed by atoms with Crippen LogP contribution in [0.1, 0.15) is 16.7 Å². The molecule has 0 spiro atoms. The number of methoxy groups -OCH3 is 1. The lowest BCUT2D eigenvalue weighted by Crippen LogP contribution is -2.10. The van der Waals surface area contributed by atoms with E-state index in [0.29, 0.717) is 34.3 Å². The highest BCUT2D eigenvalue weighted by molar-refractivity contribution is 6.05. The first-order chi connectivity index (χ1) is 13.6. The van der Waals surface area contributed by atoms with Crippen LogP contribution < -0.4 is 10.2 Å². The highest BCUT2D eigenvalue weighted by Crippen LogP contribution is 2.37. The van der Waals surface area contributed by atoms with Gasteiger partial charge in [0.1, 0.15) is 28.6 Å². The van der Waals surface area contributed by atoms with Gasteiger partial charge in [-0.05, 0) is 31.5 Å². The first-order valence-electron chi connectivity index (χ1n) is 8.87. The molecule has 5 nitrogen and oxygen atoms in total. The molecule has 140 valence electrons. The Morgan fingerprint density at radius 3 is 2.64 bits per heavy atom. The third-order valence-electron chi connectivity index (χ3n) is 4.64. The van der Waals surface area contributed by atoms with Crippen LogP contribution in [0.5, 0.6) is 5.75 Å². The Morgan fingerprint density at radius 1 is 1.14 bits per heavy atom. The van der Waals surface area contributed by atoms with Gasteiger partial charge in [-0.1, -0.05) is 23.8 Å². The van der Waals surface area contributed by atoms with E-state index in [1.165, 1.54) is 19.6 Å². The zero-order chi connectivity index (χ0) is 19.7. The Morgan fingerprint density at radius 2 is 1.93 bits per heavy atom. The predicted octanol–water partition coefficient (Wildman–Crippen LogP) is 5.34. The predicted molar refractivity (Wildman–Crippen MR) is 111 cm³/mol. The second-order valence-corrected chi connectivity index (χ2v) is 6.49. The minimum absolute atomic E-state index is 0.206. The molecule has 2 heterocycles. The van der Waals surface area contributed by atoms with Crippen molar-refractivity contribution in [2.75, 3.05) is 7.11 Å². The number of allylic oxidation sites excluding steroid dienone is 1. The molecule has 0 saturated carbocycles. The van der Waals surface area contributed by atoms with Crippen LogP contribution in [0.15, 0.2) is 74.1 Å². The Hall–Kier alpha value is -3.60. The number of fused-ring (bicyclic) bond motifs is 2. The lowest BCUT2D eigenvalue weighted by Gasteiger charge is -2.10. The summed E-state index contributed by atoms with van der Waals surface area (Å²) in [5.41, 5.74) is 3.89. The van der Waals surface area contributed by atoms with Crippen molar-refractivity contribution in [1.29, 1.82) is 0 Å². The molecule has 0 N–H and O–H groups in total. The summed E-state index contributed by atoms with van der Waals surface area (Å²) in [6.45, 7) is 5.80. The minimum atomic E-state index is -0.206. The molecule has 2 aromatic heterocycles. The van der Waals surface area contributed by atoms with E-state index in [2.05, 4.69) is 11.6 Å². The zero-order valence-corrected chi connectivity index (χ0v) is 15.7. The number of furan rings is 1. The van der Waals surface area contributed by atoms with Gasteiger partial charge in [-0.15, -0.1) is 6.58 Å². The lowest BCUT2D eigenvalue weighted by atomic mass is 10.0. The number of rotatable bonds is 5. The second-order valence-electron chi connectivity index (χ2n) is 6.49. The molecular formula is C23H19NO4. The van der Waals surface area contributed by atoms with Gasteiger partial charge < -0.3 is 13.6 Å². The lowest BCUT2D eigenvalue weighted by molar-refractivity contribution is 0.423. The molecule has 0 radical (unpaired) electrons. The van der Waals surface area contributed by atoms with E-state index in [1.807, 2.05) is 31.2 Å². The van der Waals surface area contributed by atoms with Crippen LogP contribution in [-0.4, -0.2) is 13.3 Å². The Bertz CT molecular complexity index is 1260. The molecular weight excluding hydrogens is 354 g/mol. The smallest absolute Gasteiger partial charge is 0.205 e. The van der Waals surface area contributed by atoms with Crippen molar-refractivity contribution < 1.29 is 13.6 Å². The number of hydrogen-bond donors (Lipinski definition) is 0. The van der Waals surface area contributed by atoms with Gasteiger partial charge in [0, 0.05) is 11.8 Å². The topological polar surface area (TPSA) is 64.9 Å². The Labute approximate surface area is 161 Å². The van der Waals surface area contributed by atoms with E-state index < -0.39 is 0 Å². The van der Waals surface area contributed by atoms with Gasteiger partial charge in [0.25, 0.3) is 0 Å². The molecule has 0 saturated heterocycles. The van der Waals surface area contributed by atoms with Gasteiger partial charge in [-0.3, -0.25) is 9.79 Å². The summed E-state index contributed by atoms with van der Waals surface area (Å²) in [4.78, 5) is 17.6. The van der Waals surface area contributed by atoms with E-state index >= 15 is 0 Å². The van der Waals surface area contributed by atoms with Gasteiger partial charge >= 0.3 is 0 Å². The van der Waals surface area contributed by atoms with Gasteiger partial charge in [0.05, 0.1) is 30.0 Å². The van der Waals surface area contributed by atoms with Crippen molar-refractivity contribution in [3.63, 3.8) is 0 Å². The minimum Gasteiger partial charge on any atom is -0.495 e. The maximum absolute atomic E-state index is 13.2. The normalized spacial score (nSPS) is 11.5. The van der Waals surface area contributed by atoms with Crippen molar-refractivity contribution in [2.45, 2.75) is 13.3 Å². The number of aryl methyl sites for hydroxylation is 1. The van der Waals surface area contributed by atoms with Crippen molar-refractivity contribution in [3.8, 4) is 5.75 Å². The summed E-state index contributed by atoms with van der Waals surface area (Å²) in [6, 6.07) is 9.51. The fourth-order valence-corrected chi connectivity index (χ4v) is 3.28. The summed E-state index contributed by atoms with van der Waals surface area (Å²) in [7, 11) is 1.53. The first-order valence-corrected chi connectivity index (χ1v) is 8.87. The van der Waals surface area contributed by atoms with Crippen molar-refractivity contribution >= 4 is 33.8 Å². The highest BCUT2D eigenvalue weighted by Gasteiger charge is 2.21. The van der Waals surface area contributed by atoms with Gasteiger partial charge in [-0.2, -0.15) is 0 Å². The fraction of sp³-hybridized carbons (Fsp3) is 0.130. The van der Waals surface area contributed by atoms with E-state index in [9.17, 15) is 4.79 Å². The van der Waals surface area contributed by atoms with Crippen LogP contribution in [-0.2, 0) is 6.42 Å². The molecule has 0 aliphatic carbocycles. The third-order valence-corrected chi connectivity index (χ3v) is 4.64. The molecule has 0 fully saturated rings. The second kappa shape index (κ2) is 7.19. The highest BCUT2D eigenvalue weighted by atomic mass is 16.5. The summed E-state index contributed by atoms with van der Waals surface area (Å²) >= 11 is 0. The number of benzene rings is 2. The van der Waals surface area contributed by atoms with Crippen LogP contribution in [0.3, 0.4) is 0 Å². The monoisotopic (exact) mass is 373 g/mol. The molecule has 0 amide bonds. The van der Waals surface area contributed by atoms with E-state index in [4.69, 9.17) is 13.6 Å². The van der Waals surface area contributed by atoms with Crippen molar-refractivity contribution in [2.24, 2.45) is 4.99 Å². The van der Waals surface area contributed by atoms with E-state index in [-0.39, 0.29) is 5.43 Å². The molecule has 4 rings (SSSR count). The molecule has 0 aliphatic rings. The quantitative estimate of drug-likeness (QED) is 0.350. The molecule has 0 aliphatic heterocycles. The summed E-state index contributed by atoms with van der Waals surface area (Å²) in [6.07, 6.45) is 6.76. The van der Waals surface area contributed by atoms with Crippen molar-refractivity contribution in [1.82, 2.24) is 0 Å². The number of aliphatic imine (C=N–C) groups is 1. The van der Waals surface area contributed by atoms with Crippen LogP contribution in [0.2, 0.25) is 0 Å². The molecule has 4 aromatic rings. The van der Waals surface area contributed by atoms with Crippen LogP contribution in [0, 0.1) is 6.92 Å². The molecule has 28 heavy (non-hydrogen) atoms. The van der Waals surface area contributed by atoms with Gasteiger partial charge in [-0.25, -0.2) is 0 Å². The number of ether oxygens (including phenoxy) is 1. The standard InChI is InChI=1S/C23H19NO4/c1-4-5-17-21-18(10-11-27-21)22(26-3)19-20(25)15(13-28-23(17)19)12-24-16-8-6-14(2)7-9-16/h4,6-13H,1,5H2,2-3H3. The molecule has 2 aromatic carbocycles. The summed E-state index contributed by atoms with van der Waals surface area (Å²) in [5.74, 6) is 0.436. The van der Waals surface area contributed by atoms with Crippen LogP contribution in [0.4, 0.5) is 5.69 Å². The largest absolute Gasteiger partial charge is 0.495 e. The van der Waals surface area contributed by atoms with Gasteiger partial charge in [0.15, 0.2) is 0 Å². The van der Waals surface area contributed by atoms with Crippen molar-refractivity contribution in [3.05, 3.63) is 82.4 Å². The Kier molecular flexibility index (Phi) is 4.57. The third kappa shape index (κ3) is 2.91. The average Bonchev–Trinajstić information content (AvgIpc) is 3.18. The zero-order valence-electron chi connectivity index (χ0n) is 15.7. The van der Waals surface area contributed by atoms with E-state index in [1.54, 1.807) is 18.4 Å². The maximum Gasteiger partial charge on any atom is 0.205 e. The summed E-state index contributed by atoms with van der Waals surface area (Å²) < 4.78 is 17.0. The molecule has 0 bridgehead atoms.